The Balaban J connectivity index is 2.37. The molecule has 0 radical (unpaired) electrons. The Morgan fingerprint density at radius 3 is 2.46 bits per heavy atom. The van der Waals surface area contributed by atoms with E-state index in [9.17, 15) is 9.59 Å². The number of amides is 1. The minimum Gasteiger partial charge on any atom is -0.356 e. The summed E-state index contributed by atoms with van der Waals surface area (Å²) in [5, 5.41) is 2.74. The second-order valence-electron chi connectivity index (χ2n) is 3.90. The second kappa shape index (κ2) is 3.90. The highest BCUT2D eigenvalue weighted by Gasteiger charge is 2.47. The molecule has 1 aliphatic carbocycles. The number of rotatable bonds is 4. The Labute approximate surface area is 78.9 Å². The van der Waals surface area contributed by atoms with Crippen LogP contribution in [-0.4, -0.2) is 18.2 Å². The Morgan fingerprint density at radius 2 is 2.00 bits per heavy atom. The largest absolute Gasteiger partial charge is 0.356 e. The standard InChI is InChI=1S/C10H17NO2/c1-4-11-10(13)8-5-7(8)9(12)6(2)3/h6-8H,4-5H2,1-3H3,(H,11,13)/t7-,8+/m0/s1. The number of hydrogen-bond acceptors (Lipinski definition) is 2. The maximum absolute atomic E-state index is 11.4. The lowest BCUT2D eigenvalue weighted by atomic mass is 10.0. The third-order valence-electron chi connectivity index (χ3n) is 2.41. The van der Waals surface area contributed by atoms with Gasteiger partial charge in [0.1, 0.15) is 5.78 Å². The zero-order valence-electron chi connectivity index (χ0n) is 8.46. The molecule has 0 bridgehead atoms. The molecule has 0 saturated heterocycles. The van der Waals surface area contributed by atoms with E-state index in [1.54, 1.807) is 0 Å². The average Bonchev–Trinajstić information content (AvgIpc) is 2.82. The molecule has 0 aromatic rings. The molecule has 1 rings (SSSR count). The van der Waals surface area contributed by atoms with Gasteiger partial charge < -0.3 is 5.32 Å². The first-order valence-corrected chi connectivity index (χ1v) is 4.89. The van der Waals surface area contributed by atoms with E-state index in [4.69, 9.17) is 0 Å². The molecule has 3 nitrogen and oxygen atoms in total. The summed E-state index contributed by atoms with van der Waals surface area (Å²) in [4.78, 5) is 22.7. The van der Waals surface area contributed by atoms with Gasteiger partial charge in [-0.15, -0.1) is 0 Å². The normalized spacial score (nSPS) is 25.8. The van der Waals surface area contributed by atoms with Crippen LogP contribution in [0.4, 0.5) is 0 Å². The fourth-order valence-electron chi connectivity index (χ4n) is 1.53. The molecule has 0 aliphatic heterocycles. The lowest BCUT2D eigenvalue weighted by Crippen LogP contribution is -2.26. The van der Waals surface area contributed by atoms with E-state index in [-0.39, 0.29) is 29.4 Å². The number of carbonyl (C=O) groups excluding carboxylic acids is 2. The number of Topliss-reactive ketones (excluding diaryl/α,β-unsaturated/α-hetero) is 1. The van der Waals surface area contributed by atoms with Gasteiger partial charge in [-0.3, -0.25) is 9.59 Å². The SMILES string of the molecule is CCNC(=O)[C@@H]1C[C@@H]1C(=O)C(C)C. The summed E-state index contributed by atoms with van der Waals surface area (Å²) in [5.74, 6) is 0.309. The zero-order valence-corrected chi connectivity index (χ0v) is 8.46. The molecule has 3 heteroatoms. The molecule has 1 amide bonds. The van der Waals surface area contributed by atoms with Crippen LogP contribution >= 0.6 is 0 Å². The Bertz CT molecular complexity index is 223. The number of hydrogen-bond donors (Lipinski definition) is 1. The van der Waals surface area contributed by atoms with Gasteiger partial charge in [0.25, 0.3) is 0 Å². The van der Waals surface area contributed by atoms with Crippen LogP contribution in [0.5, 0.6) is 0 Å². The van der Waals surface area contributed by atoms with E-state index in [2.05, 4.69) is 5.32 Å². The van der Waals surface area contributed by atoms with E-state index in [1.165, 1.54) is 0 Å². The van der Waals surface area contributed by atoms with Crippen molar-refractivity contribution in [1.29, 1.82) is 0 Å². The van der Waals surface area contributed by atoms with Crippen molar-refractivity contribution in [1.82, 2.24) is 5.32 Å². The summed E-state index contributed by atoms with van der Waals surface area (Å²) in [5.41, 5.74) is 0. The Morgan fingerprint density at radius 1 is 1.38 bits per heavy atom. The van der Waals surface area contributed by atoms with Crippen molar-refractivity contribution in [3.8, 4) is 0 Å². The minimum atomic E-state index is -0.0325. The highest BCUT2D eigenvalue weighted by molar-refractivity contribution is 5.94. The van der Waals surface area contributed by atoms with Crippen molar-refractivity contribution in [3.63, 3.8) is 0 Å². The molecule has 1 saturated carbocycles. The molecule has 74 valence electrons. The third kappa shape index (κ3) is 2.29. The summed E-state index contributed by atoms with van der Waals surface area (Å²) in [6, 6.07) is 0. The first-order chi connectivity index (χ1) is 6.07. The van der Waals surface area contributed by atoms with E-state index in [1.807, 2.05) is 20.8 Å². The quantitative estimate of drug-likeness (QED) is 0.706. The summed E-state index contributed by atoms with van der Waals surface area (Å²) in [6.07, 6.45) is 0.753. The van der Waals surface area contributed by atoms with Crippen LogP contribution in [0, 0.1) is 17.8 Å². The summed E-state index contributed by atoms with van der Waals surface area (Å²) in [6.45, 7) is 6.31. The molecule has 2 atom stereocenters. The van der Waals surface area contributed by atoms with Crippen molar-refractivity contribution in [2.45, 2.75) is 27.2 Å². The van der Waals surface area contributed by atoms with Crippen LogP contribution < -0.4 is 5.32 Å². The molecule has 0 unspecified atom stereocenters. The van der Waals surface area contributed by atoms with E-state index in [0.29, 0.717) is 6.54 Å². The molecule has 0 aromatic carbocycles. The molecule has 13 heavy (non-hydrogen) atoms. The van der Waals surface area contributed by atoms with Crippen LogP contribution in [-0.2, 0) is 9.59 Å². The van der Waals surface area contributed by atoms with Crippen LogP contribution in [0.15, 0.2) is 0 Å². The van der Waals surface area contributed by atoms with E-state index < -0.39 is 0 Å². The van der Waals surface area contributed by atoms with Crippen LogP contribution in [0.25, 0.3) is 0 Å². The molecular formula is C10H17NO2. The predicted molar refractivity (Wildman–Crippen MR) is 50.1 cm³/mol. The van der Waals surface area contributed by atoms with Crippen LogP contribution in [0.1, 0.15) is 27.2 Å². The Hall–Kier alpha value is -0.860. The summed E-state index contributed by atoms with van der Waals surface area (Å²) >= 11 is 0. The smallest absolute Gasteiger partial charge is 0.223 e. The predicted octanol–water partition coefficient (Wildman–Crippen LogP) is 0.984. The lowest BCUT2D eigenvalue weighted by Gasteiger charge is -2.03. The zero-order chi connectivity index (χ0) is 10.0. The summed E-state index contributed by atoms with van der Waals surface area (Å²) < 4.78 is 0. The monoisotopic (exact) mass is 183 g/mol. The highest BCUT2D eigenvalue weighted by Crippen LogP contribution is 2.40. The number of nitrogens with one attached hydrogen (secondary N) is 1. The number of ketones is 1. The van der Waals surface area contributed by atoms with Gasteiger partial charge in [0, 0.05) is 24.3 Å². The van der Waals surface area contributed by atoms with Gasteiger partial charge in [0.05, 0.1) is 0 Å². The van der Waals surface area contributed by atoms with Gasteiger partial charge in [0.15, 0.2) is 0 Å². The molecule has 1 fully saturated rings. The van der Waals surface area contributed by atoms with Crippen LogP contribution in [0.3, 0.4) is 0 Å². The maximum Gasteiger partial charge on any atom is 0.223 e. The summed E-state index contributed by atoms with van der Waals surface area (Å²) in [7, 11) is 0. The molecule has 0 heterocycles. The van der Waals surface area contributed by atoms with Crippen molar-refractivity contribution >= 4 is 11.7 Å². The molecular weight excluding hydrogens is 166 g/mol. The first kappa shape index (κ1) is 10.2. The van der Waals surface area contributed by atoms with Gasteiger partial charge in [0.2, 0.25) is 5.91 Å². The van der Waals surface area contributed by atoms with Crippen molar-refractivity contribution in [2.75, 3.05) is 6.54 Å². The second-order valence-corrected chi connectivity index (χ2v) is 3.90. The molecule has 1 aliphatic rings. The fraction of sp³-hybridized carbons (Fsp3) is 0.800. The lowest BCUT2D eigenvalue weighted by molar-refractivity contribution is -0.127. The molecule has 1 N–H and O–H groups in total. The van der Waals surface area contributed by atoms with Gasteiger partial charge in [-0.05, 0) is 13.3 Å². The van der Waals surface area contributed by atoms with Gasteiger partial charge in [-0.2, -0.15) is 0 Å². The van der Waals surface area contributed by atoms with Gasteiger partial charge >= 0.3 is 0 Å². The molecule has 0 spiro atoms. The van der Waals surface area contributed by atoms with Gasteiger partial charge in [-0.1, -0.05) is 13.8 Å². The van der Waals surface area contributed by atoms with E-state index in [0.717, 1.165) is 6.42 Å². The molecule has 0 aromatic heterocycles. The number of carbonyl (C=O) groups is 2. The average molecular weight is 183 g/mol. The minimum absolute atomic E-state index is 0.00606. The van der Waals surface area contributed by atoms with Crippen molar-refractivity contribution < 1.29 is 9.59 Å². The van der Waals surface area contributed by atoms with Crippen molar-refractivity contribution in [3.05, 3.63) is 0 Å². The fourth-order valence-corrected chi connectivity index (χ4v) is 1.53. The third-order valence-corrected chi connectivity index (χ3v) is 2.41. The van der Waals surface area contributed by atoms with E-state index >= 15 is 0 Å². The first-order valence-electron chi connectivity index (χ1n) is 4.89. The topological polar surface area (TPSA) is 46.2 Å². The van der Waals surface area contributed by atoms with Crippen molar-refractivity contribution in [2.24, 2.45) is 17.8 Å². The highest BCUT2D eigenvalue weighted by atomic mass is 16.2. The van der Waals surface area contributed by atoms with Gasteiger partial charge in [-0.25, -0.2) is 0 Å². The Kier molecular flexibility index (Phi) is 3.07. The maximum atomic E-state index is 11.4. The van der Waals surface area contributed by atoms with Crippen LogP contribution in [0.2, 0.25) is 0 Å².